The summed E-state index contributed by atoms with van der Waals surface area (Å²) >= 11 is 0. The van der Waals surface area contributed by atoms with Gasteiger partial charge in [0.25, 0.3) is 0 Å². The van der Waals surface area contributed by atoms with Crippen LogP contribution in [-0.4, -0.2) is 56.3 Å². The van der Waals surface area contributed by atoms with Gasteiger partial charge in [-0.1, -0.05) is 12.0 Å². The van der Waals surface area contributed by atoms with Gasteiger partial charge in [0.15, 0.2) is 0 Å². The third-order valence-corrected chi connectivity index (χ3v) is 5.35. The Morgan fingerprint density at radius 1 is 1.32 bits per heavy atom. The van der Waals surface area contributed by atoms with Crippen LogP contribution in [0.1, 0.15) is 13.8 Å². The summed E-state index contributed by atoms with van der Waals surface area (Å²) in [6.07, 6.45) is 5.33. The van der Waals surface area contributed by atoms with Crippen LogP contribution in [0.4, 0.5) is 11.6 Å². The number of pyridine rings is 1. The van der Waals surface area contributed by atoms with E-state index in [1.165, 1.54) is 0 Å². The van der Waals surface area contributed by atoms with Crippen molar-refractivity contribution in [3.05, 3.63) is 18.2 Å². The quantitative estimate of drug-likeness (QED) is 0.819. The number of aromatic nitrogens is 1. The third-order valence-electron chi connectivity index (χ3n) is 3.61. The Morgan fingerprint density at radius 3 is 2.59 bits per heavy atom. The Bertz CT molecular complexity index is 644. The van der Waals surface area contributed by atoms with Crippen molar-refractivity contribution in [2.24, 2.45) is 0 Å². The maximum absolute atomic E-state index is 11.9. The van der Waals surface area contributed by atoms with Crippen LogP contribution in [0.25, 0.3) is 0 Å². The molecular weight excluding hydrogens is 300 g/mol. The summed E-state index contributed by atoms with van der Waals surface area (Å²) in [6.45, 7) is 7.36. The van der Waals surface area contributed by atoms with Crippen molar-refractivity contribution in [2.75, 3.05) is 42.3 Å². The maximum Gasteiger partial charge on any atom is 0.236 e. The highest BCUT2D eigenvalue weighted by molar-refractivity contribution is 7.93. The highest BCUT2D eigenvalue weighted by atomic mass is 32.2. The molecule has 1 N–H and O–H groups in total. The van der Waals surface area contributed by atoms with E-state index in [1.54, 1.807) is 19.9 Å². The molecule has 0 aliphatic carbocycles. The highest BCUT2D eigenvalue weighted by Gasteiger charge is 2.19. The van der Waals surface area contributed by atoms with Gasteiger partial charge in [0, 0.05) is 26.2 Å². The fourth-order valence-corrected chi connectivity index (χ4v) is 2.82. The molecular formula is C15H22N4O2S. The van der Waals surface area contributed by atoms with Gasteiger partial charge in [-0.25, -0.2) is 13.4 Å². The molecule has 0 atom stereocenters. The van der Waals surface area contributed by atoms with Crippen LogP contribution in [0.3, 0.4) is 0 Å². The van der Waals surface area contributed by atoms with E-state index in [-0.39, 0.29) is 0 Å². The second kappa shape index (κ2) is 6.99. The predicted octanol–water partition coefficient (Wildman–Crippen LogP) is 0.987. The molecule has 2 heterocycles. The summed E-state index contributed by atoms with van der Waals surface area (Å²) in [5, 5.41) is -0.495. The van der Waals surface area contributed by atoms with Gasteiger partial charge in [-0.15, -0.1) is 6.42 Å². The van der Waals surface area contributed by atoms with Gasteiger partial charge < -0.3 is 4.90 Å². The first-order valence-electron chi connectivity index (χ1n) is 7.32. The summed E-state index contributed by atoms with van der Waals surface area (Å²) in [5.41, 5.74) is 0. The monoisotopic (exact) mass is 322 g/mol. The van der Waals surface area contributed by atoms with Crippen LogP contribution < -0.4 is 9.62 Å². The lowest BCUT2D eigenvalue weighted by Gasteiger charge is -2.34. The number of rotatable bonds is 5. The Balaban J connectivity index is 2.05. The smallest absolute Gasteiger partial charge is 0.236 e. The molecule has 0 amide bonds. The molecule has 7 heteroatoms. The number of nitrogens with zero attached hydrogens (tertiary/aromatic N) is 3. The van der Waals surface area contributed by atoms with E-state index in [0.29, 0.717) is 12.4 Å². The van der Waals surface area contributed by atoms with Gasteiger partial charge in [0.2, 0.25) is 10.0 Å². The molecule has 0 saturated carbocycles. The molecule has 1 aliphatic heterocycles. The fourth-order valence-electron chi connectivity index (χ4n) is 2.18. The minimum absolute atomic E-state index is 0.359. The molecule has 6 nitrogen and oxygen atoms in total. The Morgan fingerprint density at radius 2 is 2.00 bits per heavy atom. The molecule has 1 saturated heterocycles. The van der Waals surface area contributed by atoms with Crippen molar-refractivity contribution >= 4 is 21.7 Å². The maximum atomic E-state index is 11.9. The lowest BCUT2D eigenvalue weighted by atomic mass is 10.3. The van der Waals surface area contributed by atoms with Crippen LogP contribution in [0.5, 0.6) is 0 Å². The second-order valence-electron chi connectivity index (χ2n) is 5.54. The summed E-state index contributed by atoms with van der Waals surface area (Å²) in [6, 6.07) is 5.37. The number of piperazine rings is 1. The Kier molecular flexibility index (Phi) is 5.27. The topological polar surface area (TPSA) is 65.5 Å². The van der Waals surface area contributed by atoms with Gasteiger partial charge in [0.05, 0.1) is 11.8 Å². The van der Waals surface area contributed by atoms with Crippen LogP contribution in [0.15, 0.2) is 18.2 Å². The molecule has 0 unspecified atom stereocenters. The zero-order valence-electron chi connectivity index (χ0n) is 13.0. The van der Waals surface area contributed by atoms with Crippen molar-refractivity contribution < 1.29 is 8.42 Å². The predicted molar refractivity (Wildman–Crippen MR) is 89.4 cm³/mol. The number of terminal acetylenes is 1. The average molecular weight is 322 g/mol. The lowest BCUT2D eigenvalue weighted by Crippen LogP contribution is -2.46. The third kappa shape index (κ3) is 4.12. The lowest BCUT2D eigenvalue weighted by molar-refractivity contribution is 0.287. The zero-order chi connectivity index (χ0) is 16.2. The van der Waals surface area contributed by atoms with Crippen LogP contribution in [0, 0.1) is 12.3 Å². The molecule has 1 aliphatic rings. The first-order chi connectivity index (χ1) is 10.4. The first kappa shape index (κ1) is 16.6. The molecule has 22 heavy (non-hydrogen) atoms. The number of sulfonamides is 1. The SMILES string of the molecule is C#CCN1CCN(c2cccc(NS(=O)(=O)C(C)C)n2)CC1. The molecule has 0 aromatic carbocycles. The molecule has 0 spiro atoms. The van der Waals surface area contributed by atoms with E-state index in [4.69, 9.17) is 6.42 Å². The van der Waals surface area contributed by atoms with Crippen LogP contribution >= 0.6 is 0 Å². The van der Waals surface area contributed by atoms with E-state index in [1.807, 2.05) is 12.1 Å². The van der Waals surface area contributed by atoms with E-state index in [0.717, 1.165) is 32.0 Å². The zero-order valence-corrected chi connectivity index (χ0v) is 13.8. The van der Waals surface area contributed by atoms with Gasteiger partial charge in [0.1, 0.15) is 11.6 Å². The molecule has 1 aromatic rings. The van der Waals surface area contributed by atoms with E-state index in [2.05, 4.69) is 25.4 Å². The summed E-state index contributed by atoms with van der Waals surface area (Å²) < 4.78 is 26.3. The minimum atomic E-state index is -3.38. The van der Waals surface area contributed by atoms with E-state index in [9.17, 15) is 8.42 Å². The highest BCUT2D eigenvalue weighted by Crippen LogP contribution is 2.17. The molecule has 1 fully saturated rings. The van der Waals surface area contributed by atoms with E-state index < -0.39 is 15.3 Å². The largest absolute Gasteiger partial charge is 0.354 e. The van der Waals surface area contributed by atoms with E-state index >= 15 is 0 Å². The normalized spacial score (nSPS) is 16.5. The first-order valence-corrected chi connectivity index (χ1v) is 8.86. The minimum Gasteiger partial charge on any atom is -0.354 e. The van der Waals surface area contributed by atoms with Gasteiger partial charge >= 0.3 is 0 Å². The molecule has 2 rings (SSSR count). The van der Waals surface area contributed by atoms with Crippen LogP contribution in [-0.2, 0) is 10.0 Å². The van der Waals surface area contributed by atoms with Crippen LogP contribution in [0.2, 0.25) is 0 Å². The number of hydrogen-bond acceptors (Lipinski definition) is 5. The summed E-state index contributed by atoms with van der Waals surface area (Å²) in [7, 11) is -3.38. The molecule has 0 bridgehead atoms. The van der Waals surface area contributed by atoms with Crippen molar-refractivity contribution in [2.45, 2.75) is 19.1 Å². The van der Waals surface area contributed by atoms with Crippen molar-refractivity contribution in [1.82, 2.24) is 9.88 Å². The Hall–Kier alpha value is -1.78. The second-order valence-corrected chi connectivity index (χ2v) is 7.78. The number of hydrogen-bond donors (Lipinski definition) is 1. The van der Waals surface area contributed by atoms with Crippen molar-refractivity contribution in [3.8, 4) is 12.3 Å². The number of nitrogens with one attached hydrogen (secondary N) is 1. The molecule has 1 aromatic heterocycles. The van der Waals surface area contributed by atoms with Crippen molar-refractivity contribution in [1.29, 1.82) is 0 Å². The standard InChI is InChI=1S/C15H22N4O2S/c1-4-8-18-9-11-19(12-10-18)15-7-5-6-14(16-15)17-22(20,21)13(2)3/h1,5-7,13H,8-12H2,2-3H3,(H,16,17). The fraction of sp³-hybridized carbons (Fsp3) is 0.533. The summed E-state index contributed by atoms with van der Waals surface area (Å²) in [5.74, 6) is 3.79. The summed E-state index contributed by atoms with van der Waals surface area (Å²) in [4.78, 5) is 8.76. The van der Waals surface area contributed by atoms with Gasteiger partial charge in [-0.05, 0) is 26.0 Å². The number of anilines is 2. The van der Waals surface area contributed by atoms with Gasteiger partial charge in [-0.3, -0.25) is 9.62 Å². The Labute approximate surface area is 132 Å². The van der Waals surface area contributed by atoms with Gasteiger partial charge in [-0.2, -0.15) is 0 Å². The molecule has 120 valence electrons. The average Bonchev–Trinajstić information content (AvgIpc) is 2.48. The van der Waals surface area contributed by atoms with Crippen molar-refractivity contribution in [3.63, 3.8) is 0 Å². The molecule has 0 radical (unpaired) electrons.